The first-order valence-electron chi connectivity index (χ1n) is 8.37. The summed E-state index contributed by atoms with van der Waals surface area (Å²) in [5, 5.41) is 8.04. The van der Waals surface area contributed by atoms with Crippen molar-refractivity contribution in [3.8, 4) is 0 Å². The summed E-state index contributed by atoms with van der Waals surface area (Å²) in [6.07, 6.45) is 0. The van der Waals surface area contributed by atoms with Gasteiger partial charge in [0.2, 0.25) is 10.0 Å². The molecule has 0 atom stereocenters. The second kappa shape index (κ2) is 8.44. The van der Waals surface area contributed by atoms with Crippen LogP contribution in [0.1, 0.15) is 10.4 Å². The average Bonchev–Trinajstić information content (AvgIpc) is 2.68. The number of rotatable bonds is 6. The first-order valence-corrected chi connectivity index (χ1v) is 11.8. The smallest absolute Gasteiger partial charge is 0.261 e. The minimum atomic E-state index is -3.86. The van der Waals surface area contributed by atoms with Gasteiger partial charge in [-0.25, -0.2) is 22.0 Å². The summed E-state index contributed by atoms with van der Waals surface area (Å²) in [6, 6.07) is 16.9. The summed E-state index contributed by atoms with van der Waals surface area (Å²) < 4.78 is 49.9. The van der Waals surface area contributed by atoms with E-state index < -0.39 is 26.0 Å². The van der Waals surface area contributed by atoms with Gasteiger partial charge in [-0.1, -0.05) is 17.7 Å². The largest absolute Gasteiger partial charge is 0.322 e. The second-order valence-electron chi connectivity index (χ2n) is 6.16. The molecule has 3 aromatic carbocycles. The number of amides is 1. The summed E-state index contributed by atoms with van der Waals surface area (Å²) in [4.78, 5) is 12.4. The average molecular weight is 466 g/mol. The Morgan fingerprint density at radius 3 is 2.00 bits per heavy atom. The molecule has 0 saturated carbocycles. The zero-order valence-electron chi connectivity index (χ0n) is 15.2. The topological polar surface area (TPSA) is 135 Å². The lowest BCUT2D eigenvalue weighted by molar-refractivity contribution is 0.102. The van der Waals surface area contributed by atoms with Crippen LogP contribution in [0.4, 0.5) is 11.4 Å². The Kier molecular flexibility index (Phi) is 6.13. The lowest BCUT2D eigenvalue weighted by Crippen LogP contribution is -2.15. The van der Waals surface area contributed by atoms with Crippen LogP contribution in [-0.2, 0) is 20.0 Å². The summed E-state index contributed by atoms with van der Waals surface area (Å²) >= 11 is 5.78. The van der Waals surface area contributed by atoms with Crippen molar-refractivity contribution in [2.24, 2.45) is 5.14 Å². The molecule has 0 spiro atoms. The highest BCUT2D eigenvalue weighted by Gasteiger charge is 2.15. The van der Waals surface area contributed by atoms with Gasteiger partial charge in [0.25, 0.3) is 15.9 Å². The maximum absolute atomic E-state index is 12.5. The van der Waals surface area contributed by atoms with Crippen LogP contribution >= 0.6 is 11.6 Å². The number of anilines is 2. The van der Waals surface area contributed by atoms with E-state index in [4.69, 9.17) is 16.7 Å². The molecule has 0 fully saturated rings. The van der Waals surface area contributed by atoms with E-state index in [1.807, 2.05) is 0 Å². The number of carbonyl (C=O) groups excluding carboxylic acids is 1. The molecule has 11 heteroatoms. The van der Waals surface area contributed by atoms with Crippen LogP contribution in [0.5, 0.6) is 0 Å². The molecular formula is C19H16ClN3O5S2. The number of halogens is 1. The number of hydrogen-bond acceptors (Lipinski definition) is 5. The highest BCUT2D eigenvalue weighted by molar-refractivity contribution is 7.92. The van der Waals surface area contributed by atoms with Gasteiger partial charge in [-0.2, -0.15) is 0 Å². The fourth-order valence-corrected chi connectivity index (χ4v) is 4.17. The Balaban J connectivity index is 1.76. The van der Waals surface area contributed by atoms with Crippen molar-refractivity contribution in [3.63, 3.8) is 0 Å². The first kappa shape index (κ1) is 21.8. The molecule has 156 valence electrons. The minimum Gasteiger partial charge on any atom is -0.322 e. The molecule has 4 N–H and O–H groups in total. The minimum absolute atomic E-state index is 0.0247. The molecule has 0 aliphatic rings. The molecule has 0 unspecified atom stereocenters. The van der Waals surface area contributed by atoms with E-state index >= 15 is 0 Å². The second-order valence-corrected chi connectivity index (χ2v) is 9.84. The summed E-state index contributed by atoms with van der Waals surface area (Å²) in [5.41, 5.74) is 0.739. The summed E-state index contributed by atoms with van der Waals surface area (Å²) in [5.74, 6) is -0.508. The van der Waals surface area contributed by atoms with Crippen molar-refractivity contribution in [2.75, 3.05) is 10.0 Å². The van der Waals surface area contributed by atoms with Crippen molar-refractivity contribution in [1.82, 2.24) is 0 Å². The van der Waals surface area contributed by atoms with Crippen molar-refractivity contribution in [3.05, 3.63) is 83.4 Å². The Bertz CT molecular complexity index is 1290. The number of carbonyl (C=O) groups is 1. The molecule has 8 nitrogen and oxygen atoms in total. The van der Waals surface area contributed by atoms with E-state index in [-0.39, 0.29) is 21.0 Å². The van der Waals surface area contributed by atoms with E-state index in [1.165, 1.54) is 72.8 Å². The zero-order chi connectivity index (χ0) is 21.9. The van der Waals surface area contributed by atoms with Gasteiger partial charge in [0.1, 0.15) is 0 Å². The van der Waals surface area contributed by atoms with E-state index in [0.717, 1.165) is 0 Å². The first-order chi connectivity index (χ1) is 14.0. The Morgan fingerprint density at radius 2 is 1.40 bits per heavy atom. The maximum Gasteiger partial charge on any atom is 0.261 e. The lowest BCUT2D eigenvalue weighted by atomic mass is 10.2. The Labute approximate surface area is 178 Å². The van der Waals surface area contributed by atoms with Crippen molar-refractivity contribution >= 4 is 48.9 Å². The van der Waals surface area contributed by atoms with Gasteiger partial charge in [-0.15, -0.1) is 0 Å². The molecule has 3 aromatic rings. The molecule has 0 bridgehead atoms. The lowest BCUT2D eigenvalue weighted by Gasteiger charge is -2.10. The van der Waals surface area contributed by atoms with Crippen LogP contribution in [0.25, 0.3) is 0 Å². The number of sulfonamides is 2. The fraction of sp³-hybridized carbons (Fsp3) is 0. The molecule has 0 heterocycles. The van der Waals surface area contributed by atoms with Crippen molar-refractivity contribution in [2.45, 2.75) is 9.79 Å². The number of nitrogens with one attached hydrogen (secondary N) is 2. The molecule has 0 saturated heterocycles. The molecular weight excluding hydrogens is 450 g/mol. The van der Waals surface area contributed by atoms with Crippen LogP contribution in [0.3, 0.4) is 0 Å². The molecule has 1 amide bonds. The zero-order valence-corrected chi connectivity index (χ0v) is 17.6. The van der Waals surface area contributed by atoms with Gasteiger partial charge in [0.05, 0.1) is 9.79 Å². The van der Waals surface area contributed by atoms with E-state index in [2.05, 4.69) is 10.0 Å². The molecule has 0 radical (unpaired) electrons. The molecule has 3 rings (SSSR count). The van der Waals surface area contributed by atoms with Gasteiger partial charge >= 0.3 is 0 Å². The fourth-order valence-electron chi connectivity index (χ4n) is 2.48. The maximum atomic E-state index is 12.5. The number of hydrogen-bond donors (Lipinski definition) is 3. The third-order valence-electron chi connectivity index (χ3n) is 3.94. The quantitative estimate of drug-likeness (QED) is 0.514. The molecule has 0 aromatic heterocycles. The molecule has 30 heavy (non-hydrogen) atoms. The van der Waals surface area contributed by atoms with Crippen LogP contribution < -0.4 is 15.2 Å². The van der Waals surface area contributed by atoms with Gasteiger partial charge in [0, 0.05) is 22.0 Å². The number of primary sulfonamides is 1. The summed E-state index contributed by atoms with van der Waals surface area (Å²) in [7, 11) is -7.69. The normalized spacial score (nSPS) is 11.7. The third kappa shape index (κ3) is 5.36. The number of benzene rings is 3. The van der Waals surface area contributed by atoms with Crippen LogP contribution in [0, 0.1) is 0 Å². The number of nitrogens with two attached hydrogens (primary N) is 1. The van der Waals surface area contributed by atoms with E-state index in [9.17, 15) is 21.6 Å². The highest BCUT2D eigenvalue weighted by atomic mass is 35.5. The van der Waals surface area contributed by atoms with Crippen LogP contribution in [0.2, 0.25) is 5.02 Å². The van der Waals surface area contributed by atoms with Crippen molar-refractivity contribution < 1.29 is 21.6 Å². The third-order valence-corrected chi connectivity index (χ3v) is 6.52. The van der Waals surface area contributed by atoms with Crippen LogP contribution in [0.15, 0.2) is 82.6 Å². The summed E-state index contributed by atoms with van der Waals surface area (Å²) in [6.45, 7) is 0. The standard InChI is InChI=1S/C19H16ClN3O5S2/c20-14-4-8-18(9-5-14)30(27,28)23-16-3-1-2-13(12-16)19(24)22-15-6-10-17(11-7-15)29(21,25)26/h1-12,23H,(H,22,24)(H2,21,25,26). The van der Waals surface area contributed by atoms with E-state index in [1.54, 1.807) is 0 Å². The monoisotopic (exact) mass is 465 g/mol. The van der Waals surface area contributed by atoms with Gasteiger partial charge in [0.15, 0.2) is 0 Å². The van der Waals surface area contributed by atoms with E-state index in [0.29, 0.717) is 10.7 Å². The Hall–Kier alpha value is -2.92. The van der Waals surface area contributed by atoms with Crippen molar-refractivity contribution in [1.29, 1.82) is 0 Å². The SMILES string of the molecule is NS(=O)(=O)c1ccc(NC(=O)c2cccc(NS(=O)(=O)c3ccc(Cl)cc3)c2)cc1. The van der Waals surface area contributed by atoms with Crippen LogP contribution in [-0.4, -0.2) is 22.7 Å². The predicted molar refractivity (Wildman–Crippen MR) is 114 cm³/mol. The van der Waals surface area contributed by atoms with Gasteiger partial charge in [-0.05, 0) is 66.7 Å². The Morgan fingerprint density at radius 1 is 0.800 bits per heavy atom. The molecule has 0 aliphatic carbocycles. The molecule has 0 aliphatic heterocycles. The van der Waals surface area contributed by atoms with Gasteiger partial charge in [-0.3, -0.25) is 9.52 Å². The predicted octanol–water partition coefficient (Wildman–Crippen LogP) is 3.04. The highest BCUT2D eigenvalue weighted by Crippen LogP contribution is 2.20. The van der Waals surface area contributed by atoms with Gasteiger partial charge < -0.3 is 5.32 Å².